The van der Waals surface area contributed by atoms with Crippen LogP contribution in [0.3, 0.4) is 0 Å². The molecular weight excluding hydrogens is 294 g/mol. The van der Waals surface area contributed by atoms with Gasteiger partial charge in [0.2, 0.25) is 0 Å². The summed E-state index contributed by atoms with van der Waals surface area (Å²) in [6.45, 7) is 1.31. The lowest BCUT2D eigenvalue weighted by Crippen LogP contribution is -2.55. The highest BCUT2D eigenvalue weighted by Crippen LogP contribution is 2.47. The molecule has 0 saturated heterocycles. The summed E-state index contributed by atoms with van der Waals surface area (Å²) in [4.78, 5) is 10.7. The smallest absolute Gasteiger partial charge is 0.351 e. The van der Waals surface area contributed by atoms with Crippen LogP contribution in [0.2, 0.25) is 0 Å². The van der Waals surface area contributed by atoms with Crippen LogP contribution in [-0.2, 0) is 9.53 Å². The summed E-state index contributed by atoms with van der Waals surface area (Å²) < 4.78 is 99.9. The molecule has 0 aliphatic carbocycles. The van der Waals surface area contributed by atoms with E-state index >= 15 is 0 Å². The van der Waals surface area contributed by atoms with E-state index in [0.29, 0.717) is 0 Å². The van der Waals surface area contributed by atoms with Crippen molar-refractivity contribution in [1.82, 2.24) is 5.32 Å². The molecule has 0 heterocycles. The summed E-state index contributed by atoms with van der Waals surface area (Å²) >= 11 is 0. The summed E-state index contributed by atoms with van der Waals surface area (Å²) in [7, 11) is 0. The molecule has 1 N–H and O–H groups in total. The molecule has 114 valence electrons. The normalized spacial score (nSPS) is 15.2. The molecule has 0 spiro atoms. The minimum atomic E-state index is -6.66. The van der Waals surface area contributed by atoms with Crippen LogP contribution in [0.15, 0.2) is 0 Å². The number of carbonyl (C=O) groups excluding carboxylic acids is 1. The average Bonchev–Trinajstić information content (AvgIpc) is 2.23. The van der Waals surface area contributed by atoms with Gasteiger partial charge in [-0.25, -0.2) is 4.39 Å². The quantitative estimate of drug-likeness (QED) is 0.766. The van der Waals surface area contributed by atoms with Gasteiger partial charge in [0.1, 0.15) is 0 Å². The second-order valence-electron chi connectivity index (χ2n) is 3.31. The fraction of sp³-hybridized carbons (Fsp3) is 0.875. The Bertz CT molecular complexity index is 316. The first-order chi connectivity index (χ1) is 8.37. The molecule has 0 aromatic carbocycles. The highest BCUT2D eigenvalue weighted by molar-refractivity contribution is 5.79. The van der Waals surface area contributed by atoms with Crippen molar-refractivity contribution in [3.05, 3.63) is 0 Å². The third-order valence-corrected chi connectivity index (χ3v) is 1.73. The molecule has 3 nitrogen and oxygen atoms in total. The van der Waals surface area contributed by atoms with Gasteiger partial charge in [0.05, 0.1) is 0 Å². The van der Waals surface area contributed by atoms with Crippen molar-refractivity contribution in [2.75, 3.05) is 6.54 Å². The van der Waals surface area contributed by atoms with Crippen molar-refractivity contribution in [3.63, 3.8) is 0 Å². The lowest BCUT2D eigenvalue weighted by molar-refractivity contribution is -0.435. The maximum absolute atomic E-state index is 12.7. The Morgan fingerprint density at radius 1 is 1.16 bits per heavy atom. The van der Waals surface area contributed by atoms with E-state index in [2.05, 4.69) is 4.74 Å². The average molecular weight is 303 g/mol. The number of carbonyl (C=O) groups is 1. The topological polar surface area (TPSA) is 38.3 Å². The Morgan fingerprint density at radius 3 is 2.00 bits per heavy atom. The lowest BCUT2D eigenvalue weighted by Gasteiger charge is -2.28. The van der Waals surface area contributed by atoms with Crippen LogP contribution in [0.5, 0.6) is 0 Å². The first kappa shape index (κ1) is 17.9. The Kier molecular flexibility index (Phi) is 5.53. The standard InChI is InChI=1S/C8H9F8NO2/c1-2-3-17-5(18)4(9)19-8(15,16)6(10,11)7(12,13)14/h4H,2-3H2,1H3,(H,17,18). The molecule has 11 heteroatoms. The largest absolute Gasteiger partial charge is 0.462 e. The number of ether oxygens (including phenoxy) is 1. The molecule has 0 saturated carbocycles. The van der Waals surface area contributed by atoms with E-state index in [1.807, 2.05) is 0 Å². The van der Waals surface area contributed by atoms with Crippen LogP contribution < -0.4 is 5.32 Å². The Balaban J connectivity index is 4.82. The Hall–Kier alpha value is -1.13. The summed E-state index contributed by atoms with van der Waals surface area (Å²) in [6.07, 6.45) is -16.3. The fourth-order valence-corrected chi connectivity index (χ4v) is 0.751. The number of halogens is 8. The number of hydrogen-bond donors (Lipinski definition) is 1. The van der Waals surface area contributed by atoms with Gasteiger partial charge in [-0.05, 0) is 6.42 Å². The molecule has 0 rings (SSSR count). The predicted octanol–water partition coefficient (Wildman–Crippen LogP) is 2.62. The molecule has 0 aromatic rings. The zero-order chi connectivity index (χ0) is 15.5. The molecule has 1 unspecified atom stereocenters. The minimum absolute atomic E-state index is 0.191. The van der Waals surface area contributed by atoms with Crippen molar-refractivity contribution in [2.24, 2.45) is 0 Å². The van der Waals surface area contributed by atoms with Gasteiger partial charge in [0, 0.05) is 6.54 Å². The van der Waals surface area contributed by atoms with Gasteiger partial charge in [-0.3, -0.25) is 9.53 Å². The van der Waals surface area contributed by atoms with Gasteiger partial charge in [-0.1, -0.05) is 6.92 Å². The van der Waals surface area contributed by atoms with E-state index in [9.17, 15) is 39.9 Å². The highest BCUT2D eigenvalue weighted by atomic mass is 19.4. The lowest BCUT2D eigenvalue weighted by atomic mass is 10.3. The van der Waals surface area contributed by atoms with Crippen molar-refractivity contribution >= 4 is 5.91 Å². The second kappa shape index (κ2) is 5.88. The molecule has 0 bridgehead atoms. The molecule has 0 radical (unpaired) electrons. The van der Waals surface area contributed by atoms with Gasteiger partial charge in [-0.15, -0.1) is 0 Å². The molecule has 0 aliphatic heterocycles. The van der Waals surface area contributed by atoms with Crippen molar-refractivity contribution in [1.29, 1.82) is 0 Å². The Morgan fingerprint density at radius 2 is 1.63 bits per heavy atom. The van der Waals surface area contributed by atoms with Crippen molar-refractivity contribution < 1.29 is 44.7 Å². The third-order valence-electron chi connectivity index (χ3n) is 1.73. The monoisotopic (exact) mass is 303 g/mol. The SMILES string of the molecule is CCCNC(=O)C(F)OC(F)(F)C(F)(F)C(F)(F)F. The van der Waals surface area contributed by atoms with E-state index in [4.69, 9.17) is 0 Å². The Labute approximate surface area is 101 Å². The van der Waals surface area contributed by atoms with Gasteiger partial charge >= 0.3 is 18.2 Å². The van der Waals surface area contributed by atoms with Crippen molar-refractivity contribution in [3.8, 4) is 0 Å². The van der Waals surface area contributed by atoms with E-state index < -0.39 is 30.5 Å². The van der Waals surface area contributed by atoms with Crippen LogP contribution in [-0.4, -0.2) is 37.0 Å². The molecule has 1 atom stereocenters. The highest BCUT2D eigenvalue weighted by Gasteiger charge is 2.75. The summed E-state index contributed by atoms with van der Waals surface area (Å²) in [5, 5.41) is 1.65. The van der Waals surface area contributed by atoms with E-state index in [1.54, 1.807) is 5.32 Å². The fourth-order valence-electron chi connectivity index (χ4n) is 0.751. The van der Waals surface area contributed by atoms with Gasteiger partial charge in [0.15, 0.2) is 0 Å². The number of nitrogens with one attached hydrogen (secondary N) is 1. The zero-order valence-electron chi connectivity index (χ0n) is 9.33. The summed E-state index contributed by atoms with van der Waals surface area (Å²) in [5.74, 6) is -8.51. The van der Waals surface area contributed by atoms with Crippen LogP contribution in [0.1, 0.15) is 13.3 Å². The zero-order valence-corrected chi connectivity index (χ0v) is 9.33. The van der Waals surface area contributed by atoms with Gasteiger partial charge in [-0.2, -0.15) is 30.7 Å². The van der Waals surface area contributed by atoms with Crippen LogP contribution in [0, 0.1) is 0 Å². The third kappa shape index (κ3) is 4.18. The molecule has 0 aliphatic rings. The maximum Gasteiger partial charge on any atom is 0.462 e. The number of alkyl halides is 8. The predicted molar refractivity (Wildman–Crippen MR) is 45.2 cm³/mol. The first-order valence-electron chi connectivity index (χ1n) is 4.78. The summed E-state index contributed by atoms with van der Waals surface area (Å²) in [6, 6.07) is 0. The van der Waals surface area contributed by atoms with Crippen molar-refractivity contribution in [2.45, 2.75) is 37.9 Å². The van der Waals surface area contributed by atoms with E-state index in [0.717, 1.165) is 0 Å². The van der Waals surface area contributed by atoms with E-state index in [-0.39, 0.29) is 13.0 Å². The molecule has 0 aromatic heterocycles. The second-order valence-corrected chi connectivity index (χ2v) is 3.31. The molecule has 1 amide bonds. The van der Waals surface area contributed by atoms with E-state index in [1.165, 1.54) is 6.92 Å². The molecule has 0 fully saturated rings. The molecule has 19 heavy (non-hydrogen) atoms. The first-order valence-corrected chi connectivity index (χ1v) is 4.78. The van der Waals surface area contributed by atoms with Crippen LogP contribution in [0.25, 0.3) is 0 Å². The van der Waals surface area contributed by atoms with Crippen LogP contribution in [0.4, 0.5) is 35.1 Å². The molecular formula is C8H9F8NO2. The number of rotatable bonds is 6. The number of amides is 1. The maximum atomic E-state index is 12.7. The summed E-state index contributed by atoms with van der Waals surface area (Å²) in [5.41, 5.74) is 0. The minimum Gasteiger partial charge on any atom is -0.351 e. The van der Waals surface area contributed by atoms with Gasteiger partial charge in [0.25, 0.3) is 12.3 Å². The van der Waals surface area contributed by atoms with Gasteiger partial charge < -0.3 is 5.32 Å². The number of hydrogen-bond acceptors (Lipinski definition) is 2. The van der Waals surface area contributed by atoms with Crippen LogP contribution >= 0.6 is 0 Å².